The fourth-order valence-electron chi connectivity index (χ4n) is 2.89. The highest BCUT2D eigenvalue weighted by atomic mass is 32.1. The molecule has 27 heavy (non-hydrogen) atoms. The van der Waals surface area contributed by atoms with Gasteiger partial charge < -0.3 is 9.47 Å². The van der Waals surface area contributed by atoms with Gasteiger partial charge in [-0.1, -0.05) is 18.2 Å². The van der Waals surface area contributed by atoms with Gasteiger partial charge in [-0.3, -0.25) is 19.8 Å². The third-order valence-electron chi connectivity index (χ3n) is 4.24. The number of hydrogen-bond acceptors (Lipinski definition) is 5. The Labute approximate surface area is 162 Å². The van der Waals surface area contributed by atoms with E-state index in [1.807, 2.05) is 24.3 Å². The van der Waals surface area contributed by atoms with Crippen molar-refractivity contribution < 1.29 is 19.1 Å². The molecule has 1 aliphatic rings. The van der Waals surface area contributed by atoms with E-state index in [4.69, 9.17) is 21.7 Å². The van der Waals surface area contributed by atoms with E-state index in [-0.39, 0.29) is 17.2 Å². The molecule has 2 aromatic carbocycles. The van der Waals surface area contributed by atoms with Gasteiger partial charge in [-0.2, -0.15) is 0 Å². The van der Waals surface area contributed by atoms with E-state index < -0.39 is 11.8 Å². The van der Waals surface area contributed by atoms with Gasteiger partial charge in [0, 0.05) is 12.1 Å². The van der Waals surface area contributed by atoms with Crippen LogP contribution in [-0.2, 0) is 9.59 Å². The molecule has 0 aliphatic carbocycles. The molecule has 1 heterocycles. The second kappa shape index (κ2) is 7.59. The summed E-state index contributed by atoms with van der Waals surface area (Å²) in [4.78, 5) is 26.5. The molecule has 1 saturated heterocycles. The van der Waals surface area contributed by atoms with Crippen molar-refractivity contribution in [2.45, 2.75) is 0 Å². The molecule has 0 radical (unpaired) electrons. The van der Waals surface area contributed by atoms with Crippen molar-refractivity contribution in [2.24, 2.45) is 0 Å². The lowest BCUT2D eigenvalue weighted by atomic mass is 9.99. The van der Waals surface area contributed by atoms with Crippen molar-refractivity contribution in [3.8, 4) is 11.5 Å². The highest BCUT2D eigenvalue weighted by Crippen LogP contribution is 2.33. The molecule has 2 amide bonds. The molecule has 0 unspecified atom stereocenters. The largest absolute Gasteiger partial charge is 0.497 e. The number of carbonyl (C=O) groups is 2. The molecule has 1 N–H and O–H groups in total. The quantitative estimate of drug-likeness (QED) is 0.373. The van der Waals surface area contributed by atoms with Crippen LogP contribution in [0.2, 0.25) is 0 Å². The van der Waals surface area contributed by atoms with Crippen LogP contribution in [0.5, 0.6) is 11.5 Å². The molecule has 0 saturated carbocycles. The summed E-state index contributed by atoms with van der Waals surface area (Å²) in [7, 11) is 3.11. The molecule has 138 valence electrons. The summed E-state index contributed by atoms with van der Waals surface area (Å²) in [6, 6.07) is 9.27. The minimum atomic E-state index is -0.549. The number of methoxy groups -OCH3 is 2. The first-order valence-corrected chi connectivity index (χ1v) is 8.55. The number of rotatable bonds is 5. The Balaban J connectivity index is 2.21. The number of thiocarbonyl (C=S) groups is 1. The average molecular weight is 382 g/mol. The Bertz CT molecular complexity index is 992. The smallest absolute Gasteiger partial charge is 0.265 e. The fourth-order valence-corrected chi connectivity index (χ4v) is 3.14. The molecule has 7 heteroatoms. The van der Waals surface area contributed by atoms with Gasteiger partial charge in [0.25, 0.3) is 11.8 Å². The van der Waals surface area contributed by atoms with E-state index >= 15 is 0 Å². The first-order valence-electron chi connectivity index (χ1n) is 8.14. The maximum Gasteiger partial charge on any atom is 0.265 e. The third-order valence-corrected chi connectivity index (χ3v) is 4.56. The molecule has 6 nitrogen and oxygen atoms in total. The van der Waals surface area contributed by atoms with E-state index in [9.17, 15) is 9.59 Å². The Hall–Kier alpha value is -3.19. The zero-order chi connectivity index (χ0) is 19.6. The molecule has 1 aliphatic heterocycles. The molecular formula is C20H18N2O4S. The minimum Gasteiger partial charge on any atom is -0.497 e. The van der Waals surface area contributed by atoms with Crippen LogP contribution in [0, 0.1) is 0 Å². The normalized spacial score (nSPS) is 15.9. The summed E-state index contributed by atoms with van der Waals surface area (Å²) in [6.07, 6.45) is 3.07. The zero-order valence-corrected chi connectivity index (χ0v) is 15.8. The SMILES string of the molecule is C=CCN1C(=O)C(=Cc2c(OC)ccc3ccc(OC)cc23)C(=O)NC1=S. The van der Waals surface area contributed by atoms with Crippen LogP contribution in [0.1, 0.15) is 5.56 Å². The van der Waals surface area contributed by atoms with Crippen molar-refractivity contribution >= 4 is 46.0 Å². The van der Waals surface area contributed by atoms with Gasteiger partial charge in [0.15, 0.2) is 5.11 Å². The van der Waals surface area contributed by atoms with Crippen molar-refractivity contribution in [2.75, 3.05) is 20.8 Å². The van der Waals surface area contributed by atoms with E-state index in [0.717, 1.165) is 10.8 Å². The first-order chi connectivity index (χ1) is 13.0. The number of ether oxygens (including phenoxy) is 2. The van der Waals surface area contributed by atoms with Gasteiger partial charge in [-0.05, 0) is 47.3 Å². The Morgan fingerprint density at radius 1 is 1.19 bits per heavy atom. The summed E-state index contributed by atoms with van der Waals surface area (Å²) in [5.41, 5.74) is 0.581. The van der Waals surface area contributed by atoms with Gasteiger partial charge in [0.1, 0.15) is 17.1 Å². The molecule has 0 bridgehead atoms. The van der Waals surface area contributed by atoms with E-state index in [1.54, 1.807) is 19.3 Å². The highest BCUT2D eigenvalue weighted by Gasteiger charge is 2.33. The van der Waals surface area contributed by atoms with Crippen LogP contribution in [-0.4, -0.2) is 42.6 Å². The molecular weight excluding hydrogens is 364 g/mol. The van der Waals surface area contributed by atoms with Gasteiger partial charge in [0.2, 0.25) is 0 Å². The van der Waals surface area contributed by atoms with Gasteiger partial charge in [0.05, 0.1) is 14.2 Å². The maximum atomic E-state index is 12.8. The lowest BCUT2D eigenvalue weighted by Gasteiger charge is -2.28. The van der Waals surface area contributed by atoms with Gasteiger partial charge >= 0.3 is 0 Å². The molecule has 0 aromatic heterocycles. The summed E-state index contributed by atoms with van der Waals surface area (Å²) >= 11 is 5.08. The van der Waals surface area contributed by atoms with Crippen molar-refractivity contribution in [3.63, 3.8) is 0 Å². The lowest BCUT2D eigenvalue weighted by Crippen LogP contribution is -2.53. The van der Waals surface area contributed by atoms with Gasteiger partial charge in [-0.25, -0.2) is 0 Å². The minimum absolute atomic E-state index is 0.0286. The zero-order valence-electron chi connectivity index (χ0n) is 14.9. The predicted octanol–water partition coefficient (Wildman–Crippen LogP) is 2.67. The third kappa shape index (κ3) is 3.41. The van der Waals surface area contributed by atoms with Crippen LogP contribution in [0.15, 0.2) is 48.6 Å². The monoisotopic (exact) mass is 382 g/mol. The second-order valence-corrected chi connectivity index (χ2v) is 6.18. The topological polar surface area (TPSA) is 67.9 Å². The molecule has 0 spiro atoms. The summed E-state index contributed by atoms with van der Waals surface area (Å²) in [5.74, 6) is 0.162. The van der Waals surface area contributed by atoms with Crippen molar-refractivity contribution in [1.82, 2.24) is 10.2 Å². The van der Waals surface area contributed by atoms with E-state index in [1.165, 1.54) is 18.1 Å². The fraction of sp³-hybridized carbons (Fsp3) is 0.150. The standard InChI is InChI=1S/C20H18N2O4S/c1-4-9-22-19(24)16(18(23)21-20(22)27)11-15-14-10-13(25-2)7-5-12(14)6-8-17(15)26-3/h4-8,10-11H,1,9H2,2-3H3,(H,21,23,27). The summed E-state index contributed by atoms with van der Waals surface area (Å²) < 4.78 is 10.8. The number of fused-ring (bicyclic) bond motifs is 1. The summed E-state index contributed by atoms with van der Waals surface area (Å²) in [5, 5.41) is 4.32. The highest BCUT2D eigenvalue weighted by molar-refractivity contribution is 7.80. The number of benzene rings is 2. The summed E-state index contributed by atoms with van der Waals surface area (Å²) in [6.45, 7) is 3.82. The van der Waals surface area contributed by atoms with Crippen LogP contribution in [0.3, 0.4) is 0 Å². The van der Waals surface area contributed by atoms with E-state index in [2.05, 4.69) is 11.9 Å². The number of nitrogens with zero attached hydrogens (tertiary/aromatic N) is 1. The second-order valence-electron chi connectivity index (χ2n) is 5.79. The molecule has 3 rings (SSSR count). The van der Waals surface area contributed by atoms with Crippen molar-refractivity contribution in [1.29, 1.82) is 0 Å². The predicted molar refractivity (Wildman–Crippen MR) is 108 cm³/mol. The number of carbonyl (C=O) groups excluding carboxylic acids is 2. The van der Waals surface area contributed by atoms with Crippen LogP contribution < -0.4 is 14.8 Å². The Morgan fingerprint density at radius 2 is 1.93 bits per heavy atom. The van der Waals surface area contributed by atoms with Crippen molar-refractivity contribution in [3.05, 3.63) is 54.1 Å². The van der Waals surface area contributed by atoms with Crippen LogP contribution in [0.25, 0.3) is 16.8 Å². The van der Waals surface area contributed by atoms with Crippen LogP contribution in [0.4, 0.5) is 0 Å². The number of amides is 2. The van der Waals surface area contributed by atoms with E-state index in [0.29, 0.717) is 17.1 Å². The average Bonchev–Trinajstić information content (AvgIpc) is 2.67. The first kappa shape index (κ1) is 18.6. The Morgan fingerprint density at radius 3 is 2.59 bits per heavy atom. The Kier molecular flexibility index (Phi) is 5.23. The molecule has 0 atom stereocenters. The molecule has 2 aromatic rings. The van der Waals surface area contributed by atoms with Gasteiger partial charge in [-0.15, -0.1) is 6.58 Å². The number of hydrogen-bond donors (Lipinski definition) is 1. The van der Waals surface area contributed by atoms with Crippen LogP contribution >= 0.6 is 12.2 Å². The number of nitrogens with one attached hydrogen (secondary N) is 1. The molecule has 1 fully saturated rings. The lowest BCUT2D eigenvalue weighted by molar-refractivity contribution is -0.128. The maximum absolute atomic E-state index is 12.8.